The highest BCUT2D eigenvalue weighted by Gasteiger charge is 2.24. The van der Waals surface area contributed by atoms with E-state index in [0.717, 1.165) is 50.5 Å². The van der Waals surface area contributed by atoms with E-state index in [1.807, 2.05) is 12.3 Å². The van der Waals surface area contributed by atoms with E-state index in [1.54, 1.807) is 0 Å². The van der Waals surface area contributed by atoms with Crippen LogP contribution in [0.3, 0.4) is 0 Å². The average molecular weight is 434 g/mol. The Morgan fingerprint density at radius 1 is 1.09 bits per heavy atom. The number of fused-ring (bicyclic) bond motifs is 1. The summed E-state index contributed by atoms with van der Waals surface area (Å²) in [5.74, 6) is 0.894. The van der Waals surface area contributed by atoms with E-state index in [-0.39, 0.29) is 5.91 Å². The zero-order chi connectivity index (χ0) is 22.2. The molecular weight excluding hydrogens is 398 g/mol. The third kappa shape index (κ3) is 5.98. The summed E-state index contributed by atoms with van der Waals surface area (Å²) in [6.07, 6.45) is 9.38. The van der Waals surface area contributed by atoms with Crippen molar-refractivity contribution < 1.29 is 4.79 Å². The number of benzene rings is 1. The molecule has 6 heteroatoms. The number of pyridine rings is 1. The molecule has 2 fully saturated rings. The number of hydrogen-bond donors (Lipinski definition) is 1. The van der Waals surface area contributed by atoms with Crippen LogP contribution in [0.1, 0.15) is 51.4 Å². The number of aromatic nitrogens is 1. The number of rotatable bonds is 8. The number of piperazine rings is 1. The van der Waals surface area contributed by atoms with Gasteiger partial charge >= 0.3 is 0 Å². The largest absolute Gasteiger partial charge is 0.367 e. The third-order valence-corrected chi connectivity index (χ3v) is 7.08. The molecule has 1 amide bonds. The number of nitriles is 1. The predicted molar refractivity (Wildman–Crippen MR) is 128 cm³/mol. The molecule has 0 unspecified atom stereocenters. The van der Waals surface area contributed by atoms with Crippen LogP contribution < -0.4 is 10.2 Å². The summed E-state index contributed by atoms with van der Waals surface area (Å²) >= 11 is 0. The van der Waals surface area contributed by atoms with Crippen LogP contribution >= 0.6 is 0 Å². The topological polar surface area (TPSA) is 72.3 Å². The Kier molecular flexibility index (Phi) is 7.95. The van der Waals surface area contributed by atoms with Crippen LogP contribution in [-0.2, 0) is 4.79 Å². The fraction of sp³-hybridized carbons (Fsp3) is 0.577. The van der Waals surface area contributed by atoms with Crippen LogP contribution in [0.25, 0.3) is 10.9 Å². The quantitative estimate of drug-likeness (QED) is 0.634. The molecule has 1 aliphatic heterocycles. The van der Waals surface area contributed by atoms with E-state index in [9.17, 15) is 4.79 Å². The predicted octanol–water partition coefficient (Wildman–Crippen LogP) is 4.12. The number of unbranched alkanes of at least 4 members (excludes halogenated alkanes) is 1. The molecule has 2 aromatic rings. The molecule has 0 spiro atoms. The molecule has 32 heavy (non-hydrogen) atoms. The lowest BCUT2D eigenvalue weighted by Gasteiger charge is -2.37. The highest BCUT2D eigenvalue weighted by atomic mass is 16.1. The van der Waals surface area contributed by atoms with E-state index in [4.69, 9.17) is 5.26 Å². The summed E-state index contributed by atoms with van der Waals surface area (Å²) < 4.78 is 0. The monoisotopic (exact) mass is 433 g/mol. The van der Waals surface area contributed by atoms with Gasteiger partial charge in [0.1, 0.15) is 0 Å². The lowest BCUT2D eigenvalue weighted by Crippen LogP contribution is -2.47. The van der Waals surface area contributed by atoms with Crippen molar-refractivity contribution in [2.45, 2.75) is 57.4 Å². The van der Waals surface area contributed by atoms with Crippen molar-refractivity contribution in [2.75, 3.05) is 37.6 Å². The van der Waals surface area contributed by atoms with E-state index < -0.39 is 0 Å². The van der Waals surface area contributed by atoms with E-state index in [0.29, 0.717) is 25.3 Å². The van der Waals surface area contributed by atoms with Gasteiger partial charge in [0.2, 0.25) is 5.91 Å². The molecule has 4 rings (SSSR count). The van der Waals surface area contributed by atoms with Crippen molar-refractivity contribution in [2.24, 2.45) is 5.92 Å². The van der Waals surface area contributed by atoms with Gasteiger partial charge in [-0.05, 0) is 63.1 Å². The summed E-state index contributed by atoms with van der Waals surface area (Å²) in [6.45, 7) is 5.51. The van der Waals surface area contributed by atoms with Gasteiger partial charge in [-0.1, -0.05) is 18.2 Å². The molecule has 0 radical (unpaired) electrons. The number of carbonyl (C=O) groups is 1. The molecule has 170 valence electrons. The first-order valence-corrected chi connectivity index (χ1v) is 12.2. The van der Waals surface area contributed by atoms with Gasteiger partial charge in [0, 0.05) is 56.6 Å². The Balaban J connectivity index is 1.16. The summed E-state index contributed by atoms with van der Waals surface area (Å²) in [5, 5.41) is 13.0. The second kappa shape index (κ2) is 11.3. The number of carbonyl (C=O) groups excluding carboxylic acids is 1. The summed E-state index contributed by atoms with van der Waals surface area (Å²) in [7, 11) is 0. The smallest absolute Gasteiger partial charge is 0.220 e. The van der Waals surface area contributed by atoms with Gasteiger partial charge in [-0.2, -0.15) is 5.26 Å². The zero-order valence-corrected chi connectivity index (χ0v) is 19.0. The molecule has 2 heterocycles. The normalized spacial score (nSPS) is 21.9. The zero-order valence-electron chi connectivity index (χ0n) is 19.0. The van der Waals surface area contributed by atoms with Crippen LogP contribution in [0.2, 0.25) is 0 Å². The molecule has 1 saturated carbocycles. The molecule has 6 nitrogen and oxygen atoms in total. The van der Waals surface area contributed by atoms with Crippen LogP contribution in [0.4, 0.5) is 5.69 Å². The van der Waals surface area contributed by atoms with Crippen molar-refractivity contribution in [1.29, 1.82) is 5.26 Å². The van der Waals surface area contributed by atoms with Crippen LogP contribution in [-0.4, -0.2) is 54.6 Å². The first-order chi connectivity index (χ1) is 15.7. The van der Waals surface area contributed by atoms with E-state index in [1.165, 1.54) is 36.9 Å². The van der Waals surface area contributed by atoms with Gasteiger partial charge in [-0.15, -0.1) is 0 Å². The molecule has 0 atom stereocenters. The Labute approximate surface area is 191 Å². The number of nitrogens with one attached hydrogen (secondary N) is 1. The second-order valence-corrected chi connectivity index (χ2v) is 9.27. The summed E-state index contributed by atoms with van der Waals surface area (Å²) in [6, 6.07) is 13.0. The molecular formula is C26H35N5O. The molecule has 1 aromatic carbocycles. The lowest BCUT2D eigenvalue weighted by molar-refractivity contribution is -0.122. The van der Waals surface area contributed by atoms with Crippen molar-refractivity contribution in [1.82, 2.24) is 15.2 Å². The minimum atomic E-state index is 0.114. The van der Waals surface area contributed by atoms with Crippen molar-refractivity contribution in [3.8, 4) is 6.07 Å². The third-order valence-electron chi connectivity index (χ3n) is 7.08. The molecule has 1 aliphatic carbocycles. The van der Waals surface area contributed by atoms with Gasteiger partial charge in [-0.3, -0.25) is 14.7 Å². The van der Waals surface area contributed by atoms with Gasteiger partial charge in [-0.25, -0.2) is 0 Å². The second-order valence-electron chi connectivity index (χ2n) is 9.27. The maximum absolute atomic E-state index is 12.0. The van der Waals surface area contributed by atoms with E-state index in [2.05, 4.69) is 50.4 Å². The Morgan fingerprint density at radius 3 is 2.66 bits per heavy atom. The van der Waals surface area contributed by atoms with Gasteiger partial charge < -0.3 is 10.2 Å². The van der Waals surface area contributed by atoms with Crippen LogP contribution in [0.15, 0.2) is 36.5 Å². The fourth-order valence-electron chi connectivity index (χ4n) is 5.14. The summed E-state index contributed by atoms with van der Waals surface area (Å²) in [5.41, 5.74) is 2.37. The maximum Gasteiger partial charge on any atom is 0.220 e. The Bertz CT molecular complexity index is 918. The minimum Gasteiger partial charge on any atom is -0.367 e. The lowest BCUT2D eigenvalue weighted by atomic mass is 9.84. The van der Waals surface area contributed by atoms with Crippen molar-refractivity contribution in [3.05, 3.63) is 36.5 Å². The van der Waals surface area contributed by atoms with Crippen molar-refractivity contribution in [3.63, 3.8) is 0 Å². The first-order valence-electron chi connectivity index (χ1n) is 12.2. The molecule has 2 aliphatic rings. The highest BCUT2D eigenvalue weighted by molar-refractivity contribution is 5.90. The minimum absolute atomic E-state index is 0.114. The van der Waals surface area contributed by atoms with E-state index >= 15 is 0 Å². The average Bonchev–Trinajstić information content (AvgIpc) is 2.84. The number of amides is 1. The number of anilines is 1. The molecule has 0 bridgehead atoms. The van der Waals surface area contributed by atoms with Gasteiger partial charge in [0.15, 0.2) is 0 Å². The molecule has 1 aromatic heterocycles. The molecule has 1 saturated heterocycles. The Hall–Kier alpha value is -2.65. The van der Waals surface area contributed by atoms with Crippen LogP contribution in [0.5, 0.6) is 0 Å². The molecule has 1 N–H and O–H groups in total. The van der Waals surface area contributed by atoms with Crippen LogP contribution in [0, 0.1) is 17.2 Å². The van der Waals surface area contributed by atoms with Crippen molar-refractivity contribution >= 4 is 22.5 Å². The summed E-state index contributed by atoms with van der Waals surface area (Å²) in [4.78, 5) is 21.7. The number of para-hydroxylation sites is 1. The van der Waals surface area contributed by atoms with Gasteiger partial charge in [0.25, 0.3) is 0 Å². The Morgan fingerprint density at radius 2 is 1.88 bits per heavy atom. The standard InChI is InChI=1S/C26H35N5O/c27-14-2-1-8-25(32)29-23-11-9-21(10-12-23)13-16-30-17-19-31(20-18-30)24-7-3-5-22-6-4-15-28-26(22)24/h3-7,15,21,23H,1-2,8-13,16-20H2,(H,29,32). The highest BCUT2D eigenvalue weighted by Crippen LogP contribution is 2.28. The van der Waals surface area contributed by atoms with Gasteiger partial charge in [0.05, 0.1) is 17.3 Å². The first kappa shape index (κ1) is 22.5. The fourth-order valence-corrected chi connectivity index (χ4v) is 5.14. The number of hydrogen-bond acceptors (Lipinski definition) is 5. The maximum atomic E-state index is 12.0. The SMILES string of the molecule is N#CCCCC(=O)NC1CCC(CCN2CCN(c3cccc4cccnc34)CC2)CC1. The number of nitrogens with zero attached hydrogens (tertiary/aromatic N) is 4.